The Morgan fingerprint density at radius 2 is 1.91 bits per heavy atom. The number of carbonyl (C=O) groups excluding carboxylic acids is 1. The maximum atomic E-state index is 12.4. The highest BCUT2D eigenvalue weighted by molar-refractivity contribution is 5.76. The van der Waals surface area contributed by atoms with Gasteiger partial charge in [0.1, 0.15) is 0 Å². The van der Waals surface area contributed by atoms with Crippen molar-refractivity contribution in [1.82, 2.24) is 14.9 Å². The molecule has 0 bridgehead atoms. The minimum atomic E-state index is -0.0457. The summed E-state index contributed by atoms with van der Waals surface area (Å²) < 4.78 is 2.24. The molecule has 1 saturated carbocycles. The van der Waals surface area contributed by atoms with E-state index >= 15 is 0 Å². The van der Waals surface area contributed by atoms with E-state index in [0.717, 1.165) is 18.5 Å². The first-order chi connectivity index (χ1) is 10.8. The van der Waals surface area contributed by atoms with Crippen LogP contribution in [-0.2, 0) is 16.9 Å². The highest BCUT2D eigenvalue weighted by Gasteiger charge is 2.35. The fraction of sp³-hybridized carbons (Fsp3) is 0.444. The molecule has 3 rings (SSSR count). The molecule has 116 valence electrons. The summed E-state index contributed by atoms with van der Waals surface area (Å²) in [6.07, 6.45) is 12.3. The normalized spacial score (nSPS) is 17.1. The first-order valence-corrected chi connectivity index (χ1v) is 8.09. The number of carbonyl (C=O) groups is 1. The van der Waals surface area contributed by atoms with Crippen molar-refractivity contribution in [3.8, 4) is 0 Å². The predicted molar refractivity (Wildman–Crippen MR) is 86.2 cm³/mol. The second-order valence-electron chi connectivity index (χ2n) is 6.15. The molecule has 2 aromatic heterocycles. The van der Waals surface area contributed by atoms with Gasteiger partial charge in [-0.1, -0.05) is 25.3 Å². The van der Waals surface area contributed by atoms with Crippen LogP contribution in [-0.4, -0.2) is 15.5 Å². The molecule has 2 heterocycles. The number of amides is 1. The van der Waals surface area contributed by atoms with E-state index in [1.165, 1.54) is 19.3 Å². The van der Waals surface area contributed by atoms with Gasteiger partial charge in [0.2, 0.25) is 5.91 Å². The van der Waals surface area contributed by atoms with E-state index < -0.39 is 0 Å². The van der Waals surface area contributed by atoms with Gasteiger partial charge < -0.3 is 9.88 Å². The quantitative estimate of drug-likeness (QED) is 0.921. The highest BCUT2D eigenvalue weighted by Crippen LogP contribution is 2.37. The third kappa shape index (κ3) is 3.38. The molecule has 1 aliphatic rings. The largest absolute Gasteiger partial charge is 0.350 e. The molecule has 0 unspecified atom stereocenters. The van der Waals surface area contributed by atoms with Gasteiger partial charge in [-0.3, -0.25) is 9.78 Å². The molecular weight excluding hydrogens is 274 g/mol. The highest BCUT2D eigenvalue weighted by atomic mass is 16.1. The summed E-state index contributed by atoms with van der Waals surface area (Å²) in [6.45, 7) is 0.501. The van der Waals surface area contributed by atoms with Crippen LogP contribution in [0, 0.1) is 0 Å². The van der Waals surface area contributed by atoms with Gasteiger partial charge in [-0.25, -0.2) is 0 Å². The van der Waals surface area contributed by atoms with Gasteiger partial charge in [-0.05, 0) is 37.1 Å². The van der Waals surface area contributed by atoms with Gasteiger partial charge in [0.15, 0.2) is 0 Å². The minimum absolute atomic E-state index is 0.0457. The van der Waals surface area contributed by atoms with Crippen molar-refractivity contribution in [3.05, 3.63) is 54.6 Å². The fourth-order valence-corrected chi connectivity index (χ4v) is 3.44. The van der Waals surface area contributed by atoms with Crippen LogP contribution in [0.2, 0.25) is 0 Å². The van der Waals surface area contributed by atoms with Crippen LogP contribution in [0.3, 0.4) is 0 Å². The number of pyridine rings is 1. The minimum Gasteiger partial charge on any atom is -0.350 e. The Labute approximate surface area is 131 Å². The molecule has 0 aromatic carbocycles. The van der Waals surface area contributed by atoms with Crippen LogP contribution in [0.25, 0.3) is 0 Å². The molecule has 0 saturated heterocycles. The Kier molecular flexibility index (Phi) is 4.56. The van der Waals surface area contributed by atoms with Gasteiger partial charge in [0.05, 0.1) is 24.2 Å². The lowest BCUT2D eigenvalue weighted by atomic mass is 9.78. The zero-order chi connectivity index (χ0) is 15.3. The maximum absolute atomic E-state index is 12.4. The van der Waals surface area contributed by atoms with Crippen molar-refractivity contribution in [2.75, 3.05) is 0 Å². The molecule has 0 radical (unpaired) electrons. The van der Waals surface area contributed by atoms with Gasteiger partial charge in [-0.15, -0.1) is 0 Å². The zero-order valence-electron chi connectivity index (χ0n) is 12.9. The maximum Gasteiger partial charge on any atom is 0.222 e. The van der Waals surface area contributed by atoms with Crippen LogP contribution < -0.4 is 5.32 Å². The van der Waals surface area contributed by atoms with Crippen LogP contribution in [0.5, 0.6) is 0 Å². The lowest BCUT2D eigenvalue weighted by Crippen LogP contribution is -2.40. The van der Waals surface area contributed by atoms with E-state index in [9.17, 15) is 4.79 Å². The Morgan fingerprint density at radius 1 is 1.14 bits per heavy atom. The van der Waals surface area contributed by atoms with Crippen LogP contribution in [0.15, 0.2) is 48.9 Å². The zero-order valence-corrected chi connectivity index (χ0v) is 12.9. The Hall–Kier alpha value is -2.10. The second kappa shape index (κ2) is 6.77. The second-order valence-corrected chi connectivity index (χ2v) is 6.15. The van der Waals surface area contributed by atoms with Crippen molar-refractivity contribution in [1.29, 1.82) is 0 Å². The van der Waals surface area contributed by atoms with Gasteiger partial charge in [0, 0.05) is 18.6 Å². The van der Waals surface area contributed by atoms with E-state index in [1.807, 2.05) is 30.3 Å². The van der Waals surface area contributed by atoms with E-state index in [4.69, 9.17) is 0 Å². The predicted octanol–water partition coefficient (Wildman–Crippen LogP) is 3.25. The monoisotopic (exact) mass is 297 g/mol. The van der Waals surface area contributed by atoms with Crippen LogP contribution >= 0.6 is 0 Å². The summed E-state index contributed by atoms with van der Waals surface area (Å²) in [4.78, 5) is 16.7. The molecule has 0 spiro atoms. The lowest BCUT2D eigenvalue weighted by Gasteiger charge is -2.38. The molecular formula is C18H23N3O. The van der Waals surface area contributed by atoms with E-state index in [1.54, 1.807) is 6.20 Å². The molecule has 0 atom stereocenters. The van der Waals surface area contributed by atoms with Crippen molar-refractivity contribution in [2.24, 2.45) is 0 Å². The summed E-state index contributed by atoms with van der Waals surface area (Å²) in [5.74, 6) is 0.112. The average molecular weight is 297 g/mol. The number of nitrogens with one attached hydrogen (secondary N) is 1. The third-order valence-electron chi connectivity index (χ3n) is 4.62. The van der Waals surface area contributed by atoms with Crippen molar-refractivity contribution < 1.29 is 4.79 Å². The average Bonchev–Trinajstić information content (AvgIpc) is 3.10. The summed E-state index contributed by atoms with van der Waals surface area (Å²) in [5, 5.41) is 3.02. The number of rotatable bonds is 5. The molecule has 2 aromatic rings. The van der Waals surface area contributed by atoms with Crippen LogP contribution in [0.4, 0.5) is 0 Å². The number of aromatic nitrogens is 2. The smallest absolute Gasteiger partial charge is 0.222 e. The molecule has 0 aliphatic heterocycles. The van der Waals surface area contributed by atoms with E-state index in [2.05, 4.69) is 27.3 Å². The van der Waals surface area contributed by atoms with Gasteiger partial charge in [-0.2, -0.15) is 0 Å². The summed E-state index contributed by atoms with van der Waals surface area (Å²) in [5.41, 5.74) is 0.852. The van der Waals surface area contributed by atoms with Crippen molar-refractivity contribution >= 4 is 5.91 Å². The third-order valence-corrected chi connectivity index (χ3v) is 4.62. The first-order valence-electron chi connectivity index (χ1n) is 8.09. The fourth-order valence-electron chi connectivity index (χ4n) is 3.44. The molecule has 4 heteroatoms. The van der Waals surface area contributed by atoms with Crippen LogP contribution in [0.1, 0.15) is 44.2 Å². The number of hydrogen-bond acceptors (Lipinski definition) is 2. The molecule has 22 heavy (non-hydrogen) atoms. The van der Waals surface area contributed by atoms with Crippen molar-refractivity contribution in [3.63, 3.8) is 0 Å². The summed E-state index contributed by atoms with van der Waals surface area (Å²) >= 11 is 0. The van der Waals surface area contributed by atoms with Gasteiger partial charge >= 0.3 is 0 Å². The Bertz CT molecular complexity index is 586. The Balaban J connectivity index is 1.64. The Morgan fingerprint density at radius 3 is 2.59 bits per heavy atom. The molecule has 4 nitrogen and oxygen atoms in total. The SMILES string of the molecule is O=C(CC1(n2cccc2)CCCCC1)NCc1ccccn1. The molecule has 1 amide bonds. The molecule has 1 aliphatic carbocycles. The topological polar surface area (TPSA) is 46.9 Å². The number of hydrogen-bond donors (Lipinski definition) is 1. The summed E-state index contributed by atoms with van der Waals surface area (Å²) in [6, 6.07) is 9.85. The number of nitrogens with zero attached hydrogens (tertiary/aromatic N) is 2. The molecule has 1 fully saturated rings. The first kappa shape index (κ1) is 14.8. The van der Waals surface area contributed by atoms with Crippen molar-refractivity contribution in [2.45, 2.75) is 50.6 Å². The van der Waals surface area contributed by atoms with E-state index in [0.29, 0.717) is 13.0 Å². The lowest BCUT2D eigenvalue weighted by molar-refractivity contribution is -0.123. The molecule has 1 N–H and O–H groups in total. The van der Waals surface area contributed by atoms with Gasteiger partial charge in [0.25, 0.3) is 0 Å². The standard InChI is InChI=1S/C18H23N3O/c22-17(20-15-16-8-2-5-11-19-16)14-18(9-3-1-4-10-18)21-12-6-7-13-21/h2,5-8,11-13H,1,3-4,9-10,14-15H2,(H,20,22). The van der Waals surface area contributed by atoms with E-state index in [-0.39, 0.29) is 11.4 Å². The summed E-state index contributed by atoms with van der Waals surface area (Å²) in [7, 11) is 0.